The third-order valence-electron chi connectivity index (χ3n) is 2.11. The second-order valence-corrected chi connectivity index (χ2v) is 4.83. The van der Waals surface area contributed by atoms with Gasteiger partial charge in [-0.1, -0.05) is 11.6 Å². The fourth-order valence-electron chi connectivity index (χ4n) is 1.35. The number of nitrogens with two attached hydrogens (primary N) is 1. The average molecular weight is 286 g/mol. The summed E-state index contributed by atoms with van der Waals surface area (Å²) in [6.07, 6.45) is 0.114. The highest BCUT2D eigenvalue weighted by molar-refractivity contribution is 7.13. The molecule has 0 saturated heterocycles. The molecule has 1 aromatic carbocycles. The number of nitrogens with one attached hydrogen (secondary N) is 1. The predicted octanol–water partition coefficient (Wildman–Crippen LogP) is 2.70. The zero-order valence-corrected chi connectivity index (χ0v) is 10.7. The highest BCUT2D eigenvalue weighted by Crippen LogP contribution is 2.19. The molecule has 0 atom stereocenters. The summed E-state index contributed by atoms with van der Waals surface area (Å²) in [5, 5.41) is 4.70. The van der Waals surface area contributed by atoms with E-state index in [-0.39, 0.29) is 17.4 Å². The molecule has 0 fully saturated rings. The van der Waals surface area contributed by atoms with Crippen molar-refractivity contribution in [1.82, 2.24) is 4.98 Å². The molecule has 2 aromatic rings. The highest BCUT2D eigenvalue weighted by atomic mass is 35.5. The monoisotopic (exact) mass is 285 g/mol. The van der Waals surface area contributed by atoms with Gasteiger partial charge in [0, 0.05) is 11.1 Å². The number of hydrogen-bond donors (Lipinski definition) is 2. The van der Waals surface area contributed by atoms with Crippen molar-refractivity contribution in [2.24, 2.45) is 0 Å². The van der Waals surface area contributed by atoms with Gasteiger partial charge in [-0.15, -0.1) is 11.3 Å². The lowest BCUT2D eigenvalue weighted by atomic mass is 10.2. The summed E-state index contributed by atoms with van der Waals surface area (Å²) in [7, 11) is 0. The second kappa shape index (κ2) is 5.32. The van der Waals surface area contributed by atoms with Gasteiger partial charge in [-0.25, -0.2) is 9.37 Å². The number of nitrogens with zero attached hydrogens (tertiary/aromatic N) is 1. The summed E-state index contributed by atoms with van der Waals surface area (Å²) in [4.78, 5) is 15.6. The number of aromatic nitrogens is 1. The van der Waals surface area contributed by atoms with Crippen LogP contribution in [0, 0.1) is 5.82 Å². The predicted molar refractivity (Wildman–Crippen MR) is 70.3 cm³/mol. The Balaban J connectivity index is 2.00. The van der Waals surface area contributed by atoms with E-state index in [4.69, 9.17) is 17.3 Å². The van der Waals surface area contributed by atoms with Gasteiger partial charge in [-0.3, -0.25) is 4.79 Å². The minimum absolute atomic E-state index is 0.0364. The third kappa shape index (κ3) is 3.18. The second-order valence-electron chi connectivity index (χ2n) is 3.53. The van der Waals surface area contributed by atoms with E-state index in [0.29, 0.717) is 16.5 Å². The van der Waals surface area contributed by atoms with Crippen LogP contribution in [0.2, 0.25) is 5.02 Å². The molecule has 0 bridgehead atoms. The Hall–Kier alpha value is -1.66. The smallest absolute Gasteiger partial charge is 0.230 e. The van der Waals surface area contributed by atoms with Crippen molar-refractivity contribution in [3.63, 3.8) is 0 Å². The van der Waals surface area contributed by atoms with Crippen molar-refractivity contribution in [3.8, 4) is 0 Å². The summed E-state index contributed by atoms with van der Waals surface area (Å²) >= 11 is 6.88. The Labute approximate surface area is 112 Å². The van der Waals surface area contributed by atoms with Gasteiger partial charge in [-0.2, -0.15) is 0 Å². The number of rotatable bonds is 3. The standard InChI is InChI=1S/C11H9ClFN3OS/c12-8-3-6(1-2-9(8)13)15-10(17)4-7-5-18-11(14)16-7/h1-3,5H,4H2,(H2,14,16)(H,15,17). The molecule has 1 amide bonds. The molecule has 4 nitrogen and oxygen atoms in total. The topological polar surface area (TPSA) is 68.0 Å². The van der Waals surface area contributed by atoms with Gasteiger partial charge in [0.2, 0.25) is 5.91 Å². The zero-order chi connectivity index (χ0) is 13.1. The summed E-state index contributed by atoms with van der Waals surface area (Å²) in [5.41, 5.74) is 6.50. The molecule has 3 N–H and O–H groups in total. The Morgan fingerprint density at radius 2 is 2.33 bits per heavy atom. The molecule has 0 unspecified atom stereocenters. The van der Waals surface area contributed by atoms with Crippen LogP contribution in [0.25, 0.3) is 0 Å². The van der Waals surface area contributed by atoms with Crippen LogP contribution < -0.4 is 11.1 Å². The summed E-state index contributed by atoms with van der Waals surface area (Å²) < 4.78 is 12.9. The molecule has 0 spiro atoms. The van der Waals surface area contributed by atoms with Gasteiger partial charge in [0.1, 0.15) is 5.82 Å². The molecule has 0 aliphatic heterocycles. The number of benzene rings is 1. The van der Waals surface area contributed by atoms with E-state index in [9.17, 15) is 9.18 Å². The first-order chi connectivity index (χ1) is 8.54. The number of amides is 1. The minimum Gasteiger partial charge on any atom is -0.375 e. The number of carbonyl (C=O) groups is 1. The number of thiazole rings is 1. The summed E-state index contributed by atoms with van der Waals surface area (Å²) in [6, 6.07) is 3.98. The zero-order valence-electron chi connectivity index (χ0n) is 9.11. The lowest BCUT2D eigenvalue weighted by Gasteiger charge is -2.04. The van der Waals surface area contributed by atoms with E-state index in [1.807, 2.05) is 0 Å². The summed E-state index contributed by atoms with van der Waals surface area (Å²) in [6.45, 7) is 0. The molecule has 1 heterocycles. The van der Waals surface area contributed by atoms with Crippen LogP contribution in [0.15, 0.2) is 23.6 Å². The maximum absolute atomic E-state index is 12.9. The van der Waals surface area contributed by atoms with Gasteiger partial charge < -0.3 is 11.1 Å². The quantitative estimate of drug-likeness (QED) is 0.911. The molecule has 2 rings (SSSR count). The van der Waals surface area contributed by atoms with Crippen molar-refractivity contribution >= 4 is 39.7 Å². The Kier molecular flexibility index (Phi) is 3.78. The van der Waals surface area contributed by atoms with E-state index >= 15 is 0 Å². The maximum Gasteiger partial charge on any atom is 0.230 e. The van der Waals surface area contributed by atoms with Crippen LogP contribution in [0.5, 0.6) is 0 Å². The molecule has 7 heteroatoms. The molecule has 0 saturated carbocycles. The third-order valence-corrected chi connectivity index (χ3v) is 3.13. The van der Waals surface area contributed by atoms with Gasteiger partial charge >= 0.3 is 0 Å². The largest absolute Gasteiger partial charge is 0.375 e. The molecule has 1 aromatic heterocycles. The first-order valence-corrected chi connectivity index (χ1v) is 6.25. The van der Waals surface area contributed by atoms with Gasteiger partial charge in [0.05, 0.1) is 17.1 Å². The molecular weight excluding hydrogens is 277 g/mol. The number of anilines is 2. The van der Waals surface area contributed by atoms with Crippen molar-refractivity contribution in [2.45, 2.75) is 6.42 Å². The minimum atomic E-state index is -0.526. The summed E-state index contributed by atoms with van der Waals surface area (Å²) in [5.74, 6) is -0.787. The van der Waals surface area contributed by atoms with Crippen molar-refractivity contribution in [3.05, 3.63) is 40.1 Å². The molecule has 0 aliphatic carbocycles. The van der Waals surface area contributed by atoms with Gasteiger partial charge in [-0.05, 0) is 18.2 Å². The fourth-order valence-corrected chi connectivity index (χ4v) is 2.09. The number of halogens is 2. The molecule has 94 valence electrons. The van der Waals surface area contributed by atoms with E-state index in [1.165, 1.54) is 29.5 Å². The van der Waals surface area contributed by atoms with Crippen LogP contribution in [-0.4, -0.2) is 10.9 Å². The molecule has 0 aliphatic rings. The van der Waals surface area contributed by atoms with Crippen LogP contribution in [0.4, 0.5) is 15.2 Å². The van der Waals surface area contributed by atoms with Gasteiger partial charge in [0.15, 0.2) is 5.13 Å². The van der Waals surface area contributed by atoms with Crippen molar-refractivity contribution < 1.29 is 9.18 Å². The molecular formula is C11H9ClFN3OS. The van der Waals surface area contributed by atoms with E-state index in [1.54, 1.807) is 5.38 Å². The average Bonchev–Trinajstić information content (AvgIpc) is 2.69. The van der Waals surface area contributed by atoms with E-state index in [2.05, 4.69) is 10.3 Å². The molecule has 0 radical (unpaired) electrons. The van der Waals surface area contributed by atoms with Crippen LogP contribution in [0.1, 0.15) is 5.69 Å². The van der Waals surface area contributed by atoms with Crippen molar-refractivity contribution in [1.29, 1.82) is 0 Å². The fraction of sp³-hybridized carbons (Fsp3) is 0.0909. The Morgan fingerprint density at radius 3 is 2.94 bits per heavy atom. The lowest BCUT2D eigenvalue weighted by molar-refractivity contribution is -0.115. The Bertz CT molecular complexity index is 587. The first kappa shape index (κ1) is 12.8. The SMILES string of the molecule is Nc1nc(CC(=O)Nc2ccc(F)c(Cl)c2)cs1. The van der Waals surface area contributed by atoms with E-state index < -0.39 is 5.82 Å². The van der Waals surface area contributed by atoms with Gasteiger partial charge in [0.25, 0.3) is 0 Å². The molecule has 18 heavy (non-hydrogen) atoms. The highest BCUT2D eigenvalue weighted by Gasteiger charge is 2.08. The lowest BCUT2D eigenvalue weighted by Crippen LogP contribution is -2.14. The van der Waals surface area contributed by atoms with E-state index in [0.717, 1.165) is 0 Å². The number of nitrogen functional groups attached to an aromatic ring is 1. The first-order valence-electron chi connectivity index (χ1n) is 4.99. The van der Waals surface area contributed by atoms with Crippen LogP contribution in [0.3, 0.4) is 0 Å². The normalized spacial score (nSPS) is 10.3. The van der Waals surface area contributed by atoms with Crippen LogP contribution in [-0.2, 0) is 11.2 Å². The Morgan fingerprint density at radius 1 is 1.56 bits per heavy atom. The van der Waals surface area contributed by atoms with Crippen LogP contribution >= 0.6 is 22.9 Å². The van der Waals surface area contributed by atoms with Crippen molar-refractivity contribution in [2.75, 3.05) is 11.1 Å². The number of hydrogen-bond acceptors (Lipinski definition) is 4. The maximum atomic E-state index is 12.9. The number of carbonyl (C=O) groups excluding carboxylic acids is 1.